The van der Waals surface area contributed by atoms with E-state index in [9.17, 15) is 9.18 Å². The molecule has 138 valence electrons. The zero-order chi connectivity index (χ0) is 19.1. The van der Waals surface area contributed by atoms with Crippen molar-refractivity contribution in [1.82, 2.24) is 20.4 Å². The molecule has 4 rings (SSSR count). The van der Waals surface area contributed by atoms with Crippen molar-refractivity contribution in [3.8, 4) is 11.1 Å². The molecule has 3 aromatic heterocycles. The number of aryl methyl sites for hydroxylation is 1. The summed E-state index contributed by atoms with van der Waals surface area (Å²) in [4.78, 5) is 18.8. The predicted molar refractivity (Wildman–Crippen MR) is 99.9 cm³/mol. The molecule has 6 nitrogen and oxygen atoms in total. The molecule has 0 aliphatic heterocycles. The Morgan fingerprint density at radius 1 is 1.19 bits per heavy atom. The number of aromatic amines is 2. The first-order chi connectivity index (χ1) is 12.9. The zero-order valence-electron chi connectivity index (χ0n) is 15.2. The standard InChI is InChI=1S/C20H19FN4O2/c1-10-6-17(25-27-10)12(3)24-20(26)19-11(2)15(8-23-19)16-9-22-18-7-13(21)4-5-14(16)18/h4-9,12,22-23H,1-3H3,(H,24,26). The molecule has 1 aromatic carbocycles. The number of benzene rings is 1. The van der Waals surface area contributed by atoms with Gasteiger partial charge in [0.1, 0.15) is 23.0 Å². The largest absolute Gasteiger partial charge is 0.361 e. The van der Waals surface area contributed by atoms with Crippen molar-refractivity contribution in [2.75, 3.05) is 0 Å². The predicted octanol–water partition coefficient (Wildman–Crippen LogP) is 4.40. The van der Waals surface area contributed by atoms with Crippen LogP contribution in [0.2, 0.25) is 0 Å². The topological polar surface area (TPSA) is 86.7 Å². The van der Waals surface area contributed by atoms with E-state index in [1.54, 1.807) is 25.3 Å². The van der Waals surface area contributed by atoms with Gasteiger partial charge in [0.15, 0.2) is 0 Å². The first kappa shape index (κ1) is 17.1. The third-order valence-corrected chi connectivity index (χ3v) is 4.74. The van der Waals surface area contributed by atoms with Gasteiger partial charge in [-0.2, -0.15) is 0 Å². The van der Waals surface area contributed by atoms with Crippen LogP contribution in [0.1, 0.15) is 40.5 Å². The van der Waals surface area contributed by atoms with Crippen LogP contribution in [-0.2, 0) is 0 Å². The van der Waals surface area contributed by atoms with Gasteiger partial charge in [0, 0.05) is 40.5 Å². The Morgan fingerprint density at radius 3 is 2.70 bits per heavy atom. The van der Waals surface area contributed by atoms with Crippen molar-refractivity contribution in [2.45, 2.75) is 26.8 Å². The molecule has 1 amide bonds. The summed E-state index contributed by atoms with van der Waals surface area (Å²) in [5.74, 6) is 0.178. The van der Waals surface area contributed by atoms with Crippen molar-refractivity contribution >= 4 is 16.8 Å². The van der Waals surface area contributed by atoms with Crippen molar-refractivity contribution < 1.29 is 13.7 Å². The molecule has 3 N–H and O–H groups in total. The van der Waals surface area contributed by atoms with Gasteiger partial charge in [-0.15, -0.1) is 0 Å². The Bertz CT molecular complexity index is 1140. The molecule has 0 saturated carbocycles. The van der Waals surface area contributed by atoms with Crippen LogP contribution in [0, 0.1) is 19.7 Å². The number of rotatable bonds is 4. The lowest BCUT2D eigenvalue weighted by atomic mass is 10.0. The molecule has 1 atom stereocenters. The van der Waals surface area contributed by atoms with Gasteiger partial charge >= 0.3 is 0 Å². The Labute approximate surface area is 154 Å². The monoisotopic (exact) mass is 366 g/mol. The summed E-state index contributed by atoms with van der Waals surface area (Å²) in [5, 5.41) is 7.76. The molecule has 3 heterocycles. The van der Waals surface area contributed by atoms with Crippen molar-refractivity contribution in [2.24, 2.45) is 0 Å². The molecule has 1 unspecified atom stereocenters. The molecule has 4 aromatic rings. The van der Waals surface area contributed by atoms with Gasteiger partial charge in [0.2, 0.25) is 0 Å². The van der Waals surface area contributed by atoms with Gasteiger partial charge in [-0.3, -0.25) is 4.79 Å². The van der Waals surface area contributed by atoms with E-state index in [0.29, 0.717) is 22.7 Å². The Morgan fingerprint density at radius 2 is 1.96 bits per heavy atom. The fraction of sp³-hybridized carbons (Fsp3) is 0.200. The van der Waals surface area contributed by atoms with E-state index < -0.39 is 0 Å². The Kier molecular flexibility index (Phi) is 4.07. The molecule has 27 heavy (non-hydrogen) atoms. The normalized spacial score (nSPS) is 12.4. The van der Waals surface area contributed by atoms with Crippen molar-refractivity contribution in [1.29, 1.82) is 0 Å². The van der Waals surface area contributed by atoms with Crippen LogP contribution in [0.4, 0.5) is 4.39 Å². The molecular formula is C20H19FN4O2. The summed E-state index contributed by atoms with van der Waals surface area (Å²) in [6.07, 6.45) is 3.61. The van der Waals surface area contributed by atoms with Gasteiger partial charge < -0.3 is 19.8 Å². The lowest BCUT2D eigenvalue weighted by Crippen LogP contribution is -2.27. The summed E-state index contributed by atoms with van der Waals surface area (Å²) < 4.78 is 18.5. The highest BCUT2D eigenvalue weighted by atomic mass is 19.1. The third kappa shape index (κ3) is 3.01. The Hall–Kier alpha value is -3.35. The number of amides is 1. The first-order valence-corrected chi connectivity index (χ1v) is 8.63. The number of nitrogens with zero attached hydrogens (tertiary/aromatic N) is 1. The number of hydrogen-bond acceptors (Lipinski definition) is 3. The van der Waals surface area contributed by atoms with Gasteiger partial charge in [-0.05, 0) is 44.5 Å². The maximum Gasteiger partial charge on any atom is 0.268 e. The van der Waals surface area contributed by atoms with Gasteiger partial charge in [0.05, 0.1) is 6.04 Å². The lowest BCUT2D eigenvalue weighted by molar-refractivity contribution is 0.0933. The molecule has 0 aliphatic rings. The summed E-state index contributed by atoms with van der Waals surface area (Å²) in [5.41, 5.74) is 4.49. The van der Waals surface area contributed by atoms with E-state index in [0.717, 1.165) is 22.1 Å². The van der Waals surface area contributed by atoms with E-state index in [4.69, 9.17) is 4.52 Å². The number of carbonyl (C=O) groups is 1. The molecule has 0 radical (unpaired) electrons. The minimum absolute atomic E-state index is 0.224. The maximum absolute atomic E-state index is 13.4. The fourth-order valence-corrected chi connectivity index (χ4v) is 3.26. The zero-order valence-corrected chi connectivity index (χ0v) is 15.2. The van der Waals surface area contributed by atoms with Crippen LogP contribution in [0.25, 0.3) is 22.0 Å². The molecule has 0 fully saturated rings. The highest BCUT2D eigenvalue weighted by Gasteiger charge is 2.20. The van der Waals surface area contributed by atoms with Crippen molar-refractivity contribution in [3.05, 3.63) is 65.2 Å². The second kappa shape index (κ2) is 6.42. The van der Waals surface area contributed by atoms with Crippen LogP contribution >= 0.6 is 0 Å². The number of aromatic nitrogens is 3. The molecule has 0 spiro atoms. The second-order valence-corrected chi connectivity index (χ2v) is 6.65. The fourth-order valence-electron chi connectivity index (χ4n) is 3.26. The summed E-state index contributed by atoms with van der Waals surface area (Å²) in [6.45, 7) is 5.54. The minimum atomic E-state index is -0.293. The number of nitrogens with one attached hydrogen (secondary N) is 3. The molecule has 0 saturated heterocycles. The smallest absolute Gasteiger partial charge is 0.268 e. The number of hydrogen-bond donors (Lipinski definition) is 3. The maximum atomic E-state index is 13.4. The van der Waals surface area contributed by atoms with Gasteiger partial charge in [-0.25, -0.2) is 4.39 Å². The lowest BCUT2D eigenvalue weighted by Gasteiger charge is -2.10. The first-order valence-electron chi connectivity index (χ1n) is 8.63. The summed E-state index contributed by atoms with van der Waals surface area (Å²) in [6, 6.07) is 6.13. The van der Waals surface area contributed by atoms with Gasteiger partial charge in [0.25, 0.3) is 5.91 Å². The van der Waals surface area contributed by atoms with E-state index in [2.05, 4.69) is 20.4 Å². The average Bonchev–Trinajstić information content (AvgIpc) is 3.32. The number of carbonyl (C=O) groups excluding carboxylic acids is 1. The van der Waals surface area contributed by atoms with Crippen LogP contribution in [0.15, 0.2) is 41.2 Å². The summed E-state index contributed by atoms with van der Waals surface area (Å²) in [7, 11) is 0. The number of fused-ring (bicyclic) bond motifs is 1. The SMILES string of the molecule is Cc1cc(C(C)NC(=O)c2[nH]cc(-c3c[nH]c4cc(F)ccc34)c2C)no1. The quantitative estimate of drug-likeness (QED) is 0.500. The van der Waals surface area contributed by atoms with E-state index in [1.807, 2.05) is 20.0 Å². The van der Waals surface area contributed by atoms with E-state index >= 15 is 0 Å². The number of halogens is 1. The number of H-pyrrole nitrogens is 2. The van der Waals surface area contributed by atoms with E-state index in [1.165, 1.54) is 12.1 Å². The van der Waals surface area contributed by atoms with Crippen LogP contribution < -0.4 is 5.32 Å². The molecule has 0 bridgehead atoms. The Balaban J connectivity index is 1.62. The molecule has 0 aliphatic carbocycles. The van der Waals surface area contributed by atoms with Crippen LogP contribution in [0.3, 0.4) is 0 Å². The highest BCUT2D eigenvalue weighted by molar-refractivity contribution is 6.00. The van der Waals surface area contributed by atoms with Gasteiger partial charge in [-0.1, -0.05) is 5.16 Å². The highest BCUT2D eigenvalue weighted by Crippen LogP contribution is 2.32. The van der Waals surface area contributed by atoms with Crippen molar-refractivity contribution in [3.63, 3.8) is 0 Å². The average molecular weight is 366 g/mol. The van der Waals surface area contributed by atoms with E-state index in [-0.39, 0.29) is 17.8 Å². The molecule has 7 heteroatoms. The second-order valence-electron chi connectivity index (χ2n) is 6.65. The summed E-state index contributed by atoms with van der Waals surface area (Å²) >= 11 is 0. The molecular weight excluding hydrogens is 347 g/mol. The minimum Gasteiger partial charge on any atom is -0.361 e. The third-order valence-electron chi connectivity index (χ3n) is 4.74. The van der Waals surface area contributed by atoms with Crippen LogP contribution in [-0.4, -0.2) is 21.0 Å². The van der Waals surface area contributed by atoms with Crippen LogP contribution in [0.5, 0.6) is 0 Å².